The van der Waals surface area contributed by atoms with Gasteiger partial charge in [0.25, 0.3) is 0 Å². The molecule has 0 aliphatic heterocycles. The molecule has 0 saturated heterocycles. The first-order valence-corrected chi connectivity index (χ1v) is 6.96. The lowest BCUT2D eigenvalue weighted by atomic mass is 10.0. The first kappa shape index (κ1) is 13.2. The maximum atomic E-state index is 5.71. The molecule has 2 rings (SSSR count). The van der Waals surface area contributed by atoms with E-state index in [1.54, 1.807) is 0 Å². The van der Waals surface area contributed by atoms with Crippen LogP contribution in [-0.2, 0) is 13.0 Å². The molecule has 0 radical (unpaired) electrons. The molecule has 2 nitrogen and oxygen atoms in total. The average molecular weight is 244 g/mol. The van der Waals surface area contributed by atoms with Gasteiger partial charge >= 0.3 is 0 Å². The van der Waals surface area contributed by atoms with Gasteiger partial charge in [-0.1, -0.05) is 13.3 Å². The summed E-state index contributed by atoms with van der Waals surface area (Å²) in [6.45, 7) is 8.22. The van der Waals surface area contributed by atoms with E-state index in [4.69, 9.17) is 5.73 Å². The molecule has 18 heavy (non-hydrogen) atoms. The van der Waals surface area contributed by atoms with Crippen molar-refractivity contribution in [1.29, 1.82) is 0 Å². The maximum Gasteiger partial charge on any atom is 0.0486 e. The van der Waals surface area contributed by atoms with Crippen molar-refractivity contribution in [2.45, 2.75) is 46.6 Å². The molecule has 1 heterocycles. The first-order chi connectivity index (χ1) is 8.67. The molecule has 0 amide bonds. The summed E-state index contributed by atoms with van der Waals surface area (Å²) < 4.78 is 2.31. The fraction of sp³-hybridized carbons (Fsp3) is 0.500. The number of unbranched alkanes of at least 4 members (excludes halogenated alkanes) is 1. The topological polar surface area (TPSA) is 30.9 Å². The Balaban J connectivity index is 2.53. The molecule has 1 aromatic carbocycles. The summed E-state index contributed by atoms with van der Waals surface area (Å²) in [6.07, 6.45) is 5.97. The van der Waals surface area contributed by atoms with Crippen molar-refractivity contribution in [3.05, 3.63) is 35.0 Å². The minimum atomic E-state index is 0.698. The zero-order chi connectivity index (χ0) is 13.1. The summed E-state index contributed by atoms with van der Waals surface area (Å²) in [5, 5.41) is 1.42. The lowest BCUT2D eigenvalue weighted by Gasteiger charge is -2.05. The van der Waals surface area contributed by atoms with Gasteiger partial charge in [0.05, 0.1) is 0 Å². The number of nitrogens with two attached hydrogens (primary N) is 1. The smallest absolute Gasteiger partial charge is 0.0486 e. The predicted molar refractivity (Wildman–Crippen MR) is 79.1 cm³/mol. The highest BCUT2D eigenvalue weighted by atomic mass is 15.0. The molecular weight excluding hydrogens is 220 g/mol. The van der Waals surface area contributed by atoms with Crippen LogP contribution in [0.4, 0.5) is 0 Å². The lowest BCUT2D eigenvalue weighted by Crippen LogP contribution is -2.08. The molecule has 98 valence electrons. The highest BCUT2D eigenvalue weighted by molar-refractivity contribution is 5.85. The molecule has 1 aromatic heterocycles. The fourth-order valence-corrected chi connectivity index (χ4v) is 2.51. The molecule has 0 fully saturated rings. The van der Waals surface area contributed by atoms with Gasteiger partial charge in [-0.25, -0.2) is 0 Å². The number of benzene rings is 1. The van der Waals surface area contributed by atoms with Crippen molar-refractivity contribution in [2.75, 3.05) is 6.54 Å². The molecule has 0 atom stereocenters. The Morgan fingerprint density at radius 1 is 1.17 bits per heavy atom. The van der Waals surface area contributed by atoms with E-state index in [0.717, 1.165) is 6.54 Å². The highest BCUT2D eigenvalue weighted by Crippen LogP contribution is 2.26. The quantitative estimate of drug-likeness (QED) is 0.856. The Morgan fingerprint density at radius 3 is 2.56 bits per heavy atom. The fourth-order valence-electron chi connectivity index (χ4n) is 2.51. The molecule has 0 spiro atoms. The van der Waals surface area contributed by atoms with Gasteiger partial charge in [0, 0.05) is 30.2 Å². The van der Waals surface area contributed by atoms with E-state index in [0.29, 0.717) is 6.54 Å². The summed E-state index contributed by atoms with van der Waals surface area (Å²) in [6, 6.07) is 4.64. The molecule has 2 heteroatoms. The molecule has 0 unspecified atom stereocenters. The van der Waals surface area contributed by atoms with E-state index in [9.17, 15) is 0 Å². The summed E-state index contributed by atoms with van der Waals surface area (Å²) >= 11 is 0. The van der Waals surface area contributed by atoms with E-state index in [1.807, 2.05) is 0 Å². The normalized spacial score (nSPS) is 11.3. The Morgan fingerprint density at radius 2 is 1.89 bits per heavy atom. The highest BCUT2D eigenvalue weighted by Gasteiger charge is 2.09. The number of aryl methyl sites for hydroxylation is 3. The van der Waals surface area contributed by atoms with Crippen LogP contribution in [-0.4, -0.2) is 11.1 Å². The number of aromatic nitrogens is 1. The largest absolute Gasteiger partial charge is 0.346 e. The zero-order valence-corrected chi connectivity index (χ0v) is 11.8. The Kier molecular flexibility index (Phi) is 4.07. The Labute approximate surface area is 110 Å². The number of hydrogen-bond acceptors (Lipinski definition) is 1. The van der Waals surface area contributed by atoms with Crippen LogP contribution in [0.1, 0.15) is 36.5 Å². The second kappa shape index (κ2) is 5.57. The third kappa shape index (κ3) is 2.44. The van der Waals surface area contributed by atoms with Crippen LogP contribution in [0.2, 0.25) is 0 Å². The van der Waals surface area contributed by atoms with Crippen molar-refractivity contribution in [1.82, 2.24) is 4.57 Å². The number of rotatable bonds is 5. The van der Waals surface area contributed by atoms with Crippen molar-refractivity contribution < 1.29 is 0 Å². The third-order valence-corrected chi connectivity index (χ3v) is 3.75. The van der Waals surface area contributed by atoms with Crippen LogP contribution >= 0.6 is 0 Å². The third-order valence-electron chi connectivity index (χ3n) is 3.75. The monoisotopic (exact) mass is 244 g/mol. The second-order valence-corrected chi connectivity index (χ2v) is 5.19. The molecule has 2 aromatic rings. The molecule has 2 N–H and O–H groups in total. The van der Waals surface area contributed by atoms with Gasteiger partial charge in [-0.3, -0.25) is 0 Å². The van der Waals surface area contributed by atoms with Crippen LogP contribution in [0.3, 0.4) is 0 Å². The summed E-state index contributed by atoms with van der Waals surface area (Å²) in [4.78, 5) is 0. The minimum absolute atomic E-state index is 0.698. The van der Waals surface area contributed by atoms with Gasteiger partial charge < -0.3 is 10.3 Å². The van der Waals surface area contributed by atoms with Crippen molar-refractivity contribution in [2.24, 2.45) is 5.73 Å². The predicted octanol–water partition coefficient (Wildman–Crippen LogP) is 3.56. The van der Waals surface area contributed by atoms with E-state index < -0.39 is 0 Å². The molecule has 0 aliphatic rings. The van der Waals surface area contributed by atoms with Crippen LogP contribution in [0.5, 0.6) is 0 Å². The number of nitrogens with zero attached hydrogens (tertiary/aromatic N) is 1. The molecule has 0 bridgehead atoms. The SMILES string of the molecule is CCCCc1cn(CCN)c2cc(C)c(C)cc12. The lowest BCUT2D eigenvalue weighted by molar-refractivity contribution is 0.726. The average Bonchev–Trinajstić information content (AvgIpc) is 2.66. The van der Waals surface area contributed by atoms with Crippen molar-refractivity contribution in [3.8, 4) is 0 Å². The van der Waals surface area contributed by atoms with Gasteiger partial charge in [-0.05, 0) is 55.5 Å². The van der Waals surface area contributed by atoms with Gasteiger partial charge in [0.2, 0.25) is 0 Å². The van der Waals surface area contributed by atoms with Crippen LogP contribution < -0.4 is 5.73 Å². The minimum Gasteiger partial charge on any atom is -0.346 e. The van der Waals surface area contributed by atoms with Crippen molar-refractivity contribution >= 4 is 10.9 Å². The van der Waals surface area contributed by atoms with Gasteiger partial charge in [0.1, 0.15) is 0 Å². The van der Waals surface area contributed by atoms with E-state index in [2.05, 4.69) is 43.7 Å². The Hall–Kier alpha value is -1.28. The number of fused-ring (bicyclic) bond motifs is 1. The first-order valence-electron chi connectivity index (χ1n) is 6.96. The van der Waals surface area contributed by atoms with Crippen LogP contribution in [0, 0.1) is 13.8 Å². The van der Waals surface area contributed by atoms with Gasteiger partial charge in [-0.2, -0.15) is 0 Å². The zero-order valence-electron chi connectivity index (χ0n) is 11.8. The van der Waals surface area contributed by atoms with E-state index >= 15 is 0 Å². The number of hydrogen-bond donors (Lipinski definition) is 1. The Bertz CT molecular complexity index is 538. The van der Waals surface area contributed by atoms with Crippen LogP contribution in [0.25, 0.3) is 10.9 Å². The summed E-state index contributed by atoms with van der Waals surface area (Å²) in [7, 11) is 0. The maximum absolute atomic E-state index is 5.71. The van der Waals surface area contributed by atoms with E-state index in [-0.39, 0.29) is 0 Å². The van der Waals surface area contributed by atoms with Crippen LogP contribution in [0.15, 0.2) is 18.3 Å². The van der Waals surface area contributed by atoms with Crippen molar-refractivity contribution in [3.63, 3.8) is 0 Å². The standard InChI is InChI=1S/C16H24N2/c1-4-5-6-14-11-18(8-7-17)16-10-13(3)12(2)9-15(14)16/h9-11H,4-8,17H2,1-3H3. The van der Waals surface area contributed by atoms with E-state index in [1.165, 1.54) is 46.9 Å². The summed E-state index contributed by atoms with van der Waals surface area (Å²) in [5.41, 5.74) is 11.3. The van der Waals surface area contributed by atoms with Gasteiger partial charge in [-0.15, -0.1) is 0 Å². The molecular formula is C16H24N2. The second-order valence-electron chi connectivity index (χ2n) is 5.19. The molecule has 0 aliphatic carbocycles. The summed E-state index contributed by atoms with van der Waals surface area (Å²) in [5.74, 6) is 0. The molecule has 0 saturated carbocycles. The van der Waals surface area contributed by atoms with Gasteiger partial charge in [0.15, 0.2) is 0 Å².